The Labute approximate surface area is 92.8 Å². The van der Waals surface area contributed by atoms with Crippen LogP contribution in [0.1, 0.15) is 32.6 Å². The lowest BCUT2D eigenvalue weighted by molar-refractivity contribution is 0.362. The van der Waals surface area contributed by atoms with E-state index >= 15 is 0 Å². The molecule has 0 unspecified atom stereocenters. The van der Waals surface area contributed by atoms with Gasteiger partial charge in [-0.15, -0.1) is 0 Å². The fourth-order valence-electron chi connectivity index (χ4n) is 1.36. The van der Waals surface area contributed by atoms with Gasteiger partial charge in [0.15, 0.2) is 0 Å². The Hall–Kier alpha value is -1.24. The monoisotopic (exact) mass is 204 g/mol. The second kappa shape index (κ2) is 8.10. The molecule has 1 heteroatoms. The van der Waals surface area contributed by atoms with Gasteiger partial charge in [0.1, 0.15) is 12.4 Å². The van der Waals surface area contributed by atoms with Crippen molar-refractivity contribution >= 4 is 0 Å². The van der Waals surface area contributed by atoms with E-state index in [1.807, 2.05) is 30.3 Å². The van der Waals surface area contributed by atoms with Gasteiger partial charge in [-0.2, -0.15) is 0 Å². The Morgan fingerprint density at radius 1 is 1.07 bits per heavy atom. The van der Waals surface area contributed by atoms with Crippen LogP contribution in [-0.2, 0) is 0 Å². The van der Waals surface area contributed by atoms with Crippen LogP contribution in [0, 0.1) is 0 Å². The van der Waals surface area contributed by atoms with Gasteiger partial charge in [-0.1, -0.05) is 50.1 Å². The van der Waals surface area contributed by atoms with E-state index < -0.39 is 0 Å². The third-order valence-corrected chi connectivity index (χ3v) is 2.23. The van der Waals surface area contributed by atoms with E-state index in [2.05, 4.69) is 19.1 Å². The molecule has 15 heavy (non-hydrogen) atoms. The zero-order valence-electron chi connectivity index (χ0n) is 9.49. The predicted molar refractivity (Wildman–Crippen MR) is 65.2 cm³/mol. The summed E-state index contributed by atoms with van der Waals surface area (Å²) >= 11 is 0. The number of rotatable bonds is 7. The lowest BCUT2D eigenvalue weighted by Gasteiger charge is -2.01. The summed E-state index contributed by atoms with van der Waals surface area (Å²) in [7, 11) is 0. The van der Waals surface area contributed by atoms with Crippen LogP contribution in [0.25, 0.3) is 0 Å². The molecule has 0 atom stereocenters. The fourth-order valence-corrected chi connectivity index (χ4v) is 1.36. The van der Waals surface area contributed by atoms with Gasteiger partial charge in [0.2, 0.25) is 0 Å². The molecule has 0 N–H and O–H groups in total. The molecular weight excluding hydrogens is 184 g/mol. The van der Waals surface area contributed by atoms with Crippen molar-refractivity contribution in [2.45, 2.75) is 32.6 Å². The molecule has 0 aromatic heterocycles. The maximum atomic E-state index is 5.53. The standard InChI is InChI=1S/C14H20O/c1-2-3-4-5-6-10-13-15-14-11-8-7-9-12-14/h6-12H,2-5,13H2,1H3. The highest BCUT2D eigenvalue weighted by Gasteiger charge is 1.87. The van der Waals surface area contributed by atoms with Crippen molar-refractivity contribution in [3.05, 3.63) is 42.5 Å². The third kappa shape index (κ3) is 5.95. The highest BCUT2D eigenvalue weighted by atomic mass is 16.5. The van der Waals surface area contributed by atoms with Crippen LogP contribution in [0.15, 0.2) is 42.5 Å². The van der Waals surface area contributed by atoms with Crippen molar-refractivity contribution in [1.82, 2.24) is 0 Å². The van der Waals surface area contributed by atoms with Crippen molar-refractivity contribution in [2.75, 3.05) is 6.61 Å². The molecule has 0 aliphatic heterocycles. The molecule has 0 saturated heterocycles. The Morgan fingerprint density at radius 3 is 2.60 bits per heavy atom. The first kappa shape index (κ1) is 11.8. The van der Waals surface area contributed by atoms with Gasteiger partial charge in [0.25, 0.3) is 0 Å². The second-order valence-corrected chi connectivity index (χ2v) is 3.59. The maximum absolute atomic E-state index is 5.53. The molecule has 1 aromatic carbocycles. The zero-order valence-corrected chi connectivity index (χ0v) is 9.49. The van der Waals surface area contributed by atoms with Gasteiger partial charge in [0, 0.05) is 0 Å². The number of hydrogen-bond donors (Lipinski definition) is 0. The molecular formula is C14H20O. The average Bonchev–Trinajstić information content (AvgIpc) is 2.29. The van der Waals surface area contributed by atoms with Gasteiger partial charge in [-0.05, 0) is 25.0 Å². The molecule has 82 valence electrons. The number of hydrogen-bond acceptors (Lipinski definition) is 1. The summed E-state index contributed by atoms with van der Waals surface area (Å²) in [5.41, 5.74) is 0. The number of allylic oxidation sites excluding steroid dienone is 1. The molecule has 0 spiro atoms. The number of unbranched alkanes of at least 4 members (excludes halogenated alkanes) is 3. The summed E-state index contributed by atoms with van der Waals surface area (Å²) < 4.78 is 5.53. The molecule has 0 fully saturated rings. The van der Waals surface area contributed by atoms with E-state index in [4.69, 9.17) is 4.74 Å². The minimum atomic E-state index is 0.677. The number of ether oxygens (including phenoxy) is 1. The highest BCUT2D eigenvalue weighted by molar-refractivity contribution is 5.21. The minimum absolute atomic E-state index is 0.677. The maximum Gasteiger partial charge on any atom is 0.119 e. The molecule has 0 aliphatic rings. The normalized spacial score (nSPS) is 10.7. The molecule has 0 heterocycles. The predicted octanol–water partition coefficient (Wildman–Crippen LogP) is 4.20. The van der Waals surface area contributed by atoms with Gasteiger partial charge >= 0.3 is 0 Å². The first-order valence-electron chi connectivity index (χ1n) is 5.76. The van der Waals surface area contributed by atoms with E-state index in [1.54, 1.807) is 0 Å². The van der Waals surface area contributed by atoms with Crippen LogP contribution < -0.4 is 4.74 Å². The van der Waals surface area contributed by atoms with Gasteiger partial charge in [-0.25, -0.2) is 0 Å². The molecule has 1 aromatic rings. The highest BCUT2D eigenvalue weighted by Crippen LogP contribution is 2.08. The van der Waals surface area contributed by atoms with Crippen LogP contribution in [0.5, 0.6) is 5.75 Å². The van der Waals surface area contributed by atoms with E-state index in [0.717, 1.165) is 5.75 Å². The summed E-state index contributed by atoms with van der Waals surface area (Å²) in [5, 5.41) is 0. The van der Waals surface area contributed by atoms with Crippen LogP contribution in [0.4, 0.5) is 0 Å². The molecule has 1 nitrogen and oxygen atoms in total. The van der Waals surface area contributed by atoms with Crippen molar-refractivity contribution in [2.24, 2.45) is 0 Å². The van der Waals surface area contributed by atoms with E-state index in [0.29, 0.717) is 6.61 Å². The van der Waals surface area contributed by atoms with Gasteiger partial charge in [0.05, 0.1) is 0 Å². The van der Waals surface area contributed by atoms with E-state index in [-0.39, 0.29) is 0 Å². The van der Waals surface area contributed by atoms with Crippen LogP contribution >= 0.6 is 0 Å². The minimum Gasteiger partial charge on any atom is -0.490 e. The zero-order chi connectivity index (χ0) is 10.8. The summed E-state index contributed by atoms with van der Waals surface area (Å²) in [4.78, 5) is 0. The van der Waals surface area contributed by atoms with E-state index in [1.165, 1.54) is 25.7 Å². The van der Waals surface area contributed by atoms with Gasteiger partial charge < -0.3 is 4.74 Å². The summed E-state index contributed by atoms with van der Waals surface area (Å²) in [6.07, 6.45) is 9.38. The molecule has 0 radical (unpaired) electrons. The lowest BCUT2D eigenvalue weighted by Crippen LogP contribution is -1.92. The largest absolute Gasteiger partial charge is 0.490 e. The molecule has 1 rings (SSSR count). The van der Waals surface area contributed by atoms with Crippen LogP contribution in [-0.4, -0.2) is 6.61 Å². The molecule has 0 amide bonds. The number of benzene rings is 1. The third-order valence-electron chi connectivity index (χ3n) is 2.23. The summed E-state index contributed by atoms with van der Waals surface area (Å²) in [6.45, 7) is 2.90. The van der Waals surface area contributed by atoms with Crippen LogP contribution in [0.3, 0.4) is 0 Å². The lowest BCUT2D eigenvalue weighted by atomic mass is 10.2. The van der Waals surface area contributed by atoms with Gasteiger partial charge in [-0.3, -0.25) is 0 Å². The molecule has 0 bridgehead atoms. The van der Waals surface area contributed by atoms with Crippen LogP contribution in [0.2, 0.25) is 0 Å². The van der Waals surface area contributed by atoms with Crippen molar-refractivity contribution in [1.29, 1.82) is 0 Å². The second-order valence-electron chi connectivity index (χ2n) is 3.59. The van der Waals surface area contributed by atoms with Crippen molar-refractivity contribution in [3.63, 3.8) is 0 Å². The molecule has 0 aliphatic carbocycles. The summed E-state index contributed by atoms with van der Waals surface area (Å²) in [5.74, 6) is 0.940. The first-order valence-corrected chi connectivity index (χ1v) is 5.76. The Balaban J connectivity index is 2.06. The Kier molecular flexibility index (Phi) is 6.39. The molecule has 0 saturated carbocycles. The first-order chi connectivity index (χ1) is 7.43. The average molecular weight is 204 g/mol. The smallest absolute Gasteiger partial charge is 0.119 e. The SMILES string of the molecule is CCCCCC=CCOc1ccccc1. The fraction of sp³-hybridized carbons (Fsp3) is 0.429. The number of para-hydroxylation sites is 1. The topological polar surface area (TPSA) is 9.23 Å². The summed E-state index contributed by atoms with van der Waals surface area (Å²) in [6, 6.07) is 9.92. The van der Waals surface area contributed by atoms with Crippen molar-refractivity contribution < 1.29 is 4.74 Å². The quantitative estimate of drug-likeness (QED) is 0.477. The van der Waals surface area contributed by atoms with E-state index in [9.17, 15) is 0 Å². The Bertz CT molecular complexity index is 264. The Morgan fingerprint density at radius 2 is 1.87 bits per heavy atom. The van der Waals surface area contributed by atoms with Crippen molar-refractivity contribution in [3.8, 4) is 5.75 Å².